The van der Waals surface area contributed by atoms with Crippen molar-refractivity contribution >= 4 is 29.7 Å². The molecule has 0 aromatic rings. The van der Waals surface area contributed by atoms with Crippen LogP contribution in [0.3, 0.4) is 0 Å². The number of carboxylic acids is 1. The van der Waals surface area contributed by atoms with Gasteiger partial charge >= 0.3 is 23.9 Å². The number of Topliss-reactive ketones (excluding diaryl/α,β-unsaturated/α-hetero) is 1. The number of ketones is 1. The third-order valence-electron chi connectivity index (χ3n) is 7.86. The number of hydrogen-bond donors (Lipinski definition) is 5. The fourth-order valence-electron chi connectivity index (χ4n) is 4.93. The second kappa shape index (κ2) is 23.5. The smallest absolute Gasteiger partial charge is 0.345 e. The molecule has 0 radical (unpaired) electrons. The van der Waals surface area contributed by atoms with Crippen LogP contribution in [0, 0.1) is 0 Å². The Labute approximate surface area is 296 Å². The molecule has 1 fully saturated rings. The summed E-state index contributed by atoms with van der Waals surface area (Å²) in [5.74, 6) is -3.99. The number of ether oxygens (including phenoxy) is 5. The van der Waals surface area contributed by atoms with Gasteiger partial charge in [0.1, 0.15) is 42.4 Å². The van der Waals surface area contributed by atoms with Gasteiger partial charge in [0, 0.05) is 12.8 Å². The Morgan fingerprint density at radius 1 is 0.882 bits per heavy atom. The summed E-state index contributed by atoms with van der Waals surface area (Å²) in [6.07, 6.45) is 6.03. The molecule has 15 nitrogen and oxygen atoms in total. The van der Waals surface area contributed by atoms with Crippen LogP contribution < -0.4 is 0 Å². The van der Waals surface area contributed by atoms with Crippen LogP contribution in [-0.2, 0) is 47.7 Å². The molecule has 51 heavy (non-hydrogen) atoms. The molecule has 0 amide bonds. The lowest BCUT2D eigenvalue weighted by Gasteiger charge is -2.40. The fourth-order valence-corrected chi connectivity index (χ4v) is 4.93. The number of methoxy groups -OCH3 is 1. The molecular formula is C36H50O15. The van der Waals surface area contributed by atoms with E-state index >= 15 is 0 Å². The number of aliphatic carboxylic acids is 1. The number of rotatable bonds is 8. The van der Waals surface area contributed by atoms with Crippen LogP contribution in [0.1, 0.15) is 71.1 Å². The van der Waals surface area contributed by atoms with Crippen LogP contribution in [0.2, 0.25) is 0 Å². The summed E-state index contributed by atoms with van der Waals surface area (Å²) in [7, 11) is 1.17. The molecule has 0 aliphatic carbocycles. The van der Waals surface area contributed by atoms with Crippen molar-refractivity contribution in [2.24, 2.45) is 0 Å². The predicted octanol–water partition coefficient (Wildman–Crippen LogP) is 1.91. The highest BCUT2D eigenvalue weighted by atomic mass is 16.7. The van der Waals surface area contributed by atoms with Gasteiger partial charge in [0.25, 0.3) is 0 Å². The number of allylic oxidation sites excluding steroid dienone is 6. The minimum atomic E-state index is -1.76. The number of carbonyl (C=O) groups excluding carboxylic acids is 4. The number of carboxylic acid groups (broad SMARTS) is 1. The van der Waals surface area contributed by atoms with Crippen molar-refractivity contribution in [2.45, 2.75) is 120 Å². The van der Waals surface area contributed by atoms with E-state index in [2.05, 4.69) is 4.74 Å². The Kier molecular flexibility index (Phi) is 19.9. The Hall–Kier alpha value is -3.99. The zero-order valence-corrected chi connectivity index (χ0v) is 28.9. The Morgan fingerprint density at radius 2 is 1.59 bits per heavy atom. The predicted molar refractivity (Wildman–Crippen MR) is 180 cm³/mol. The van der Waals surface area contributed by atoms with Gasteiger partial charge in [-0.25, -0.2) is 9.59 Å². The van der Waals surface area contributed by atoms with Crippen molar-refractivity contribution in [1.82, 2.24) is 0 Å². The average Bonchev–Trinajstić information content (AvgIpc) is 3.08. The van der Waals surface area contributed by atoms with Crippen LogP contribution in [0.5, 0.6) is 0 Å². The molecule has 15 heteroatoms. The van der Waals surface area contributed by atoms with E-state index < -0.39 is 85.1 Å². The van der Waals surface area contributed by atoms with Gasteiger partial charge < -0.3 is 49.2 Å². The van der Waals surface area contributed by atoms with E-state index in [0.717, 1.165) is 6.08 Å². The topological polar surface area (TPSA) is 233 Å². The van der Waals surface area contributed by atoms with E-state index in [9.17, 15) is 49.5 Å². The molecule has 5 N–H and O–H groups in total. The van der Waals surface area contributed by atoms with Crippen molar-refractivity contribution in [3.63, 3.8) is 0 Å². The maximum absolute atomic E-state index is 12.6. The quantitative estimate of drug-likeness (QED) is 0.104. The van der Waals surface area contributed by atoms with Crippen LogP contribution in [0.4, 0.5) is 0 Å². The van der Waals surface area contributed by atoms with E-state index in [1.165, 1.54) is 25.3 Å². The van der Waals surface area contributed by atoms with Crippen molar-refractivity contribution in [3.8, 4) is 0 Å². The molecule has 2 rings (SSSR count). The van der Waals surface area contributed by atoms with Gasteiger partial charge in [-0.1, -0.05) is 48.6 Å². The molecule has 0 aromatic heterocycles. The molecule has 0 spiro atoms. The number of carbonyl (C=O) groups is 5. The number of aliphatic hydroxyl groups is 4. The summed E-state index contributed by atoms with van der Waals surface area (Å²) >= 11 is 0. The van der Waals surface area contributed by atoms with Crippen molar-refractivity contribution in [1.29, 1.82) is 0 Å². The third-order valence-corrected chi connectivity index (χ3v) is 7.86. The number of hydrogen-bond acceptors (Lipinski definition) is 14. The van der Waals surface area contributed by atoms with Crippen LogP contribution in [-0.4, -0.2) is 118 Å². The summed E-state index contributed by atoms with van der Waals surface area (Å²) < 4.78 is 26.4. The largest absolute Gasteiger partial charge is 0.477 e. The minimum Gasteiger partial charge on any atom is -0.477 e. The molecule has 1 saturated heterocycles. The molecule has 2 aliphatic heterocycles. The molecule has 2 aliphatic rings. The van der Waals surface area contributed by atoms with Gasteiger partial charge in [-0.3, -0.25) is 14.4 Å². The van der Waals surface area contributed by atoms with Gasteiger partial charge in [-0.2, -0.15) is 0 Å². The monoisotopic (exact) mass is 722 g/mol. The number of aliphatic hydroxyl groups excluding tert-OH is 4. The highest BCUT2D eigenvalue weighted by Crippen LogP contribution is 2.25. The van der Waals surface area contributed by atoms with Gasteiger partial charge in [-0.15, -0.1) is 0 Å². The standard InChI is InChI=1S/C36H50O15/c1-23-13-7-4-3-5-8-14-24(37)21-25(38)15-9-6-10-16-26(17-11-12-18-27(34(44)45)35(46)49-23)50-36-33(43)32(42)31(41)28(51-36)22-48-30(40)20-19-29(39)47-2/h3,5-6,9-12,16,18,23,25-26,28,31-33,36,38,41-43H,4,7-8,13-15,17,19-22H2,1-2H3,(H,44,45)/b5-3+,9-6-,12-11+,16-10+,27-18-/t23-,25+,26-,28-,31-,32+,33-,36-/m1/s1. The van der Waals surface area contributed by atoms with Crippen molar-refractivity contribution in [2.75, 3.05) is 13.7 Å². The summed E-state index contributed by atoms with van der Waals surface area (Å²) in [5.41, 5.74) is -0.598. The van der Waals surface area contributed by atoms with E-state index in [1.807, 2.05) is 12.2 Å². The molecule has 0 unspecified atom stereocenters. The van der Waals surface area contributed by atoms with Crippen LogP contribution in [0.25, 0.3) is 0 Å². The highest BCUT2D eigenvalue weighted by Gasteiger charge is 2.45. The maximum Gasteiger partial charge on any atom is 0.345 e. The first-order valence-electron chi connectivity index (χ1n) is 16.9. The molecule has 2 heterocycles. The second-order valence-electron chi connectivity index (χ2n) is 12.1. The van der Waals surface area contributed by atoms with E-state index in [1.54, 1.807) is 25.2 Å². The lowest BCUT2D eigenvalue weighted by atomic mass is 9.99. The van der Waals surface area contributed by atoms with Gasteiger partial charge in [-0.05, 0) is 51.5 Å². The normalized spacial score (nSPS) is 32.9. The summed E-state index contributed by atoms with van der Waals surface area (Å²) in [4.78, 5) is 60.0. The van der Waals surface area contributed by atoms with Gasteiger partial charge in [0.05, 0.1) is 38.3 Å². The van der Waals surface area contributed by atoms with Crippen molar-refractivity contribution < 1.29 is 73.2 Å². The van der Waals surface area contributed by atoms with Gasteiger partial charge in [0.15, 0.2) is 6.29 Å². The number of esters is 3. The minimum absolute atomic E-state index is 0.00000134. The van der Waals surface area contributed by atoms with Gasteiger partial charge in [0.2, 0.25) is 0 Å². The Morgan fingerprint density at radius 3 is 2.31 bits per heavy atom. The molecule has 8 atom stereocenters. The average molecular weight is 723 g/mol. The van der Waals surface area contributed by atoms with Crippen molar-refractivity contribution in [3.05, 3.63) is 60.3 Å². The zero-order chi connectivity index (χ0) is 37.8. The maximum atomic E-state index is 12.6. The van der Waals surface area contributed by atoms with E-state index in [0.29, 0.717) is 25.7 Å². The number of cyclic esters (lactones) is 1. The second-order valence-corrected chi connectivity index (χ2v) is 12.1. The van der Waals surface area contributed by atoms with Crippen LogP contribution >= 0.6 is 0 Å². The lowest BCUT2D eigenvalue weighted by molar-refractivity contribution is -0.307. The Balaban J connectivity index is 2.24. The summed E-state index contributed by atoms with van der Waals surface area (Å²) in [6.45, 7) is 1.12. The summed E-state index contributed by atoms with van der Waals surface area (Å²) in [6, 6.07) is 0. The van der Waals surface area contributed by atoms with Crippen LogP contribution in [0.15, 0.2) is 60.3 Å². The molecular weight excluding hydrogens is 672 g/mol. The van der Waals surface area contributed by atoms with E-state index in [-0.39, 0.29) is 44.3 Å². The first kappa shape index (κ1) is 43.2. The Bertz CT molecular complexity index is 1300. The zero-order valence-electron chi connectivity index (χ0n) is 28.9. The molecule has 0 saturated carbocycles. The molecule has 0 bridgehead atoms. The lowest BCUT2D eigenvalue weighted by Crippen LogP contribution is -2.59. The molecule has 0 aromatic carbocycles. The first-order valence-corrected chi connectivity index (χ1v) is 16.9. The SMILES string of the molecule is COC(=O)CCC(=O)OC[C@H]1O[C@@H](O[C@@H]2/C=C/C=C\C[C@H](O)CC(=O)CC/C=C/CCC[C@@H](C)OC(=O)/C(C(=O)O)=C\C=C\C2)[C@H](O)[C@@H](O)[C@@H]1O. The highest BCUT2D eigenvalue weighted by molar-refractivity contribution is 6.13. The van der Waals surface area contributed by atoms with E-state index in [4.69, 9.17) is 18.9 Å². The summed E-state index contributed by atoms with van der Waals surface area (Å²) in [5, 5.41) is 51.5. The first-order chi connectivity index (χ1) is 24.3. The fraction of sp³-hybridized carbons (Fsp3) is 0.583. The third kappa shape index (κ3) is 16.7. The molecule has 284 valence electrons.